The number of nitrogens with zero attached hydrogens (tertiary/aromatic N) is 1. The normalized spacial score (nSPS) is 12.0. The minimum Gasteiger partial charge on any atom is -0.490 e. The Morgan fingerprint density at radius 2 is 1.62 bits per heavy atom. The van der Waals surface area contributed by atoms with Crippen molar-refractivity contribution >= 4 is 11.6 Å². The zero-order chi connectivity index (χ0) is 20.9. The highest BCUT2D eigenvalue weighted by Gasteiger charge is 2.16. The minimum atomic E-state index is -0.603. The van der Waals surface area contributed by atoms with Crippen LogP contribution in [0.5, 0.6) is 5.75 Å². The molecule has 1 amide bonds. The van der Waals surface area contributed by atoms with Gasteiger partial charge >= 0.3 is 0 Å². The van der Waals surface area contributed by atoms with Crippen LogP contribution in [0.25, 0.3) is 0 Å². The van der Waals surface area contributed by atoms with E-state index >= 15 is 0 Å². The zero-order valence-corrected chi connectivity index (χ0v) is 17.6. The van der Waals surface area contributed by atoms with Crippen LogP contribution in [-0.4, -0.2) is 48.3 Å². The molecule has 0 saturated carbocycles. The third kappa shape index (κ3) is 8.26. The molecule has 0 aromatic heterocycles. The lowest BCUT2D eigenvalue weighted by molar-refractivity contribution is 0.0665. The maximum Gasteiger partial charge on any atom is 0.259 e. The number of amides is 1. The Bertz CT molecular complexity index is 713. The molecule has 29 heavy (non-hydrogen) atoms. The molecule has 0 aliphatic carbocycles. The summed E-state index contributed by atoms with van der Waals surface area (Å²) >= 11 is 0. The first-order valence-electron chi connectivity index (χ1n) is 10.6. The van der Waals surface area contributed by atoms with Gasteiger partial charge in [0.2, 0.25) is 0 Å². The number of hydrogen-bond acceptors (Lipinski definition) is 4. The fraction of sp³-hybridized carbons (Fsp3) is 0.458. The molecule has 2 rings (SSSR count). The second kappa shape index (κ2) is 13.0. The Kier molecular flexibility index (Phi) is 10.2. The standard InChI is InChI=1S/C24H34N2O3/c1-3-5-16-26(17-6-4-2)18-21(27)19-29-23-15-11-10-14-22(23)24(28)25-20-12-8-7-9-13-20/h7-15,21,27H,3-6,16-19H2,1-2H3,(H,25,28). The third-order valence-corrected chi connectivity index (χ3v) is 4.72. The summed E-state index contributed by atoms with van der Waals surface area (Å²) < 4.78 is 5.83. The summed E-state index contributed by atoms with van der Waals surface area (Å²) in [6.45, 7) is 7.07. The Labute approximate surface area is 174 Å². The molecule has 5 heteroatoms. The van der Waals surface area contributed by atoms with Crippen molar-refractivity contribution in [3.05, 3.63) is 60.2 Å². The van der Waals surface area contributed by atoms with Crippen molar-refractivity contribution in [1.82, 2.24) is 4.90 Å². The van der Waals surface area contributed by atoms with E-state index in [1.165, 1.54) is 0 Å². The number of nitrogens with one attached hydrogen (secondary N) is 1. The van der Waals surface area contributed by atoms with Gasteiger partial charge in [-0.25, -0.2) is 0 Å². The van der Waals surface area contributed by atoms with Gasteiger partial charge in [-0.3, -0.25) is 4.79 Å². The lowest BCUT2D eigenvalue weighted by Crippen LogP contribution is -2.37. The van der Waals surface area contributed by atoms with Gasteiger partial charge in [-0.1, -0.05) is 57.0 Å². The molecule has 0 spiro atoms. The van der Waals surface area contributed by atoms with Crippen molar-refractivity contribution in [1.29, 1.82) is 0 Å². The van der Waals surface area contributed by atoms with E-state index in [1.807, 2.05) is 36.4 Å². The second-order valence-corrected chi connectivity index (χ2v) is 7.29. The maximum absolute atomic E-state index is 12.6. The summed E-state index contributed by atoms with van der Waals surface area (Å²) in [6.07, 6.45) is 3.92. The fourth-order valence-corrected chi connectivity index (χ4v) is 3.09. The number of carbonyl (C=O) groups excluding carboxylic acids is 1. The van der Waals surface area contributed by atoms with Crippen molar-refractivity contribution in [3.63, 3.8) is 0 Å². The van der Waals surface area contributed by atoms with Gasteiger partial charge in [0, 0.05) is 12.2 Å². The summed E-state index contributed by atoms with van der Waals surface area (Å²) in [6, 6.07) is 16.5. The molecule has 1 unspecified atom stereocenters. The van der Waals surface area contributed by atoms with Crippen molar-refractivity contribution in [2.24, 2.45) is 0 Å². The molecule has 0 fully saturated rings. The largest absolute Gasteiger partial charge is 0.490 e. The van der Waals surface area contributed by atoms with E-state index in [0.717, 1.165) is 44.5 Å². The van der Waals surface area contributed by atoms with Crippen molar-refractivity contribution < 1.29 is 14.6 Å². The lowest BCUT2D eigenvalue weighted by atomic mass is 10.1. The Morgan fingerprint density at radius 3 is 2.28 bits per heavy atom. The smallest absolute Gasteiger partial charge is 0.259 e. The average Bonchev–Trinajstić information content (AvgIpc) is 2.75. The summed E-state index contributed by atoms with van der Waals surface area (Å²) in [4.78, 5) is 14.9. The van der Waals surface area contributed by atoms with Crippen LogP contribution in [0, 0.1) is 0 Å². The average molecular weight is 399 g/mol. The zero-order valence-electron chi connectivity index (χ0n) is 17.6. The number of aliphatic hydroxyl groups excluding tert-OH is 1. The van der Waals surface area contributed by atoms with Crippen LogP contribution in [0.1, 0.15) is 49.9 Å². The Hall–Kier alpha value is -2.37. The molecule has 0 heterocycles. The SMILES string of the molecule is CCCCN(CCCC)CC(O)COc1ccccc1C(=O)Nc1ccccc1. The number of unbranched alkanes of at least 4 members (excludes halogenated alkanes) is 2. The van der Waals surface area contributed by atoms with Crippen LogP contribution in [0.2, 0.25) is 0 Å². The van der Waals surface area contributed by atoms with Gasteiger partial charge in [0.1, 0.15) is 18.5 Å². The molecular formula is C24H34N2O3. The van der Waals surface area contributed by atoms with E-state index in [-0.39, 0.29) is 12.5 Å². The molecule has 0 saturated heterocycles. The van der Waals surface area contributed by atoms with Crippen LogP contribution in [0.15, 0.2) is 54.6 Å². The lowest BCUT2D eigenvalue weighted by Gasteiger charge is -2.25. The number of rotatable bonds is 13. The first-order chi connectivity index (χ1) is 14.1. The van der Waals surface area contributed by atoms with Gasteiger partial charge < -0.3 is 20.1 Å². The van der Waals surface area contributed by atoms with Gasteiger partial charge in [0.05, 0.1) is 5.56 Å². The van der Waals surface area contributed by atoms with Gasteiger partial charge in [-0.05, 0) is 50.2 Å². The van der Waals surface area contributed by atoms with Crippen LogP contribution in [-0.2, 0) is 0 Å². The van der Waals surface area contributed by atoms with Crippen LogP contribution < -0.4 is 10.1 Å². The fourth-order valence-electron chi connectivity index (χ4n) is 3.09. The van der Waals surface area contributed by atoms with Crippen LogP contribution in [0.3, 0.4) is 0 Å². The van der Waals surface area contributed by atoms with Gasteiger partial charge in [0.25, 0.3) is 5.91 Å². The van der Waals surface area contributed by atoms with E-state index < -0.39 is 6.10 Å². The molecule has 0 bridgehead atoms. The second-order valence-electron chi connectivity index (χ2n) is 7.29. The van der Waals surface area contributed by atoms with Gasteiger partial charge in [0.15, 0.2) is 0 Å². The van der Waals surface area contributed by atoms with E-state index in [0.29, 0.717) is 17.9 Å². The third-order valence-electron chi connectivity index (χ3n) is 4.72. The first kappa shape index (κ1) is 22.9. The highest BCUT2D eigenvalue weighted by molar-refractivity contribution is 6.06. The highest BCUT2D eigenvalue weighted by atomic mass is 16.5. The molecule has 0 radical (unpaired) electrons. The summed E-state index contributed by atoms with van der Waals surface area (Å²) in [5.41, 5.74) is 1.19. The topological polar surface area (TPSA) is 61.8 Å². The maximum atomic E-state index is 12.6. The number of ether oxygens (including phenoxy) is 1. The summed E-state index contributed by atoms with van der Waals surface area (Å²) in [5.74, 6) is 0.252. The molecule has 0 aliphatic heterocycles. The number of hydrogen-bond donors (Lipinski definition) is 2. The quantitative estimate of drug-likeness (QED) is 0.518. The van der Waals surface area contributed by atoms with E-state index in [2.05, 4.69) is 24.1 Å². The van der Waals surface area contributed by atoms with Gasteiger partial charge in [-0.2, -0.15) is 0 Å². The van der Waals surface area contributed by atoms with Gasteiger partial charge in [-0.15, -0.1) is 0 Å². The van der Waals surface area contributed by atoms with E-state index in [9.17, 15) is 9.90 Å². The minimum absolute atomic E-state index is 0.157. The number of anilines is 1. The molecule has 0 aliphatic rings. The number of aliphatic hydroxyl groups is 1. The first-order valence-corrected chi connectivity index (χ1v) is 10.6. The molecular weight excluding hydrogens is 364 g/mol. The Balaban J connectivity index is 1.93. The monoisotopic (exact) mass is 398 g/mol. The van der Waals surface area contributed by atoms with Crippen LogP contribution in [0.4, 0.5) is 5.69 Å². The van der Waals surface area contributed by atoms with Crippen molar-refractivity contribution in [3.8, 4) is 5.75 Å². The predicted molar refractivity (Wildman–Crippen MR) is 119 cm³/mol. The predicted octanol–water partition coefficient (Wildman–Crippen LogP) is 4.58. The summed E-state index contributed by atoms with van der Waals surface area (Å²) in [7, 11) is 0. The highest BCUT2D eigenvalue weighted by Crippen LogP contribution is 2.20. The molecule has 1 atom stereocenters. The van der Waals surface area contributed by atoms with Crippen molar-refractivity contribution in [2.75, 3.05) is 31.6 Å². The number of benzene rings is 2. The molecule has 2 aromatic rings. The molecule has 2 N–H and O–H groups in total. The van der Waals surface area contributed by atoms with Crippen molar-refractivity contribution in [2.45, 2.75) is 45.6 Å². The Morgan fingerprint density at radius 1 is 1.00 bits per heavy atom. The molecule has 158 valence electrons. The molecule has 2 aromatic carbocycles. The van der Waals surface area contributed by atoms with E-state index in [4.69, 9.17) is 4.74 Å². The molecule has 5 nitrogen and oxygen atoms in total. The number of carbonyl (C=O) groups is 1. The number of para-hydroxylation sites is 2. The summed E-state index contributed by atoms with van der Waals surface area (Å²) in [5, 5.41) is 13.4. The van der Waals surface area contributed by atoms with Crippen LogP contribution >= 0.6 is 0 Å². The van der Waals surface area contributed by atoms with E-state index in [1.54, 1.807) is 18.2 Å².